The lowest BCUT2D eigenvalue weighted by atomic mass is 10.2. The van der Waals surface area contributed by atoms with Gasteiger partial charge in [0.2, 0.25) is 6.79 Å². The number of likely N-dealkylation sites (N-methyl/N-ethyl adjacent to an activating group) is 1. The van der Waals surface area contributed by atoms with Gasteiger partial charge in [-0.1, -0.05) is 18.2 Å². The number of rotatable bonds is 5. The number of para-hydroxylation sites is 1. The van der Waals surface area contributed by atoms with Crippen LogP contribution in [0.3, 0.4) is 0 Å². The Hall–Kier alpha value is -2.73. The van der Waals surface area contributed by atoms with E-state index in [-0.39, 0.29) is 12.7 Å². The lowest BCUT2D eigenvalue weighted by molar-refractivity contribution is -0.885. The second kappa shape index (κ2) is 7.88. The molecule has 4 rings (SSSR count). The molecule has 2 aliphatic heterocycles. The van der Waals surface area contributed by atoms with Gasteiger partial charge in [0.15, 0.2) is 18.0 Å². The summed E-state index contributed by atoms with van der Waals surface area (Å²) < 4.78 is 10.8. The van der Waals surface area contributed by atoms with Crippen LogP contribution in [0.1, 0.15) is 5.56 Å². The van der Waals surface area contributed by atoms with E-state index in [0.717, 1.165) is 49.8 Å². The van der Waals surface area contributed by atoms with Crippen molar-refractivity contribution in [2.45, 2.75) is 6.54 Å². The van der Waals surface area contributed by atoms with Gasteiger partial charge in [-0.15, -0.1) is 0 Å². The Bertz CT molecular complexity index is 789. The van der Waals surface area contributed by atoms with Crippen LogP contribution in [0.15, 0.2) is 48.5 Å². The largest absolute Gasteiger partial charge is 0.454 e. The fraction of sp³-hybridized carbons (Fsp3) is 0.381. The average Bonchev–Trinajstić information content (AvgIpc) is 3.16. The summed E-state index contributed by atoms with van der Waals surface area (Å²) in [7, 11) is 2.06. The Balaban J connectivity index is 1.27. The topological polar surface area (TPSA) is 46.5 Å². The van der Waals surface area contributed by atoms with Gasteiger partial charge in [-0.2, -0.15) is 0 Å². The highest BCUT2D eigenvalue weighted by molar-refractivity contribution is 5.77. The van der Waals surface area contributed by atoms with Gasteiger partial charge >= 0.3 is 0 Å². The van der Waals surface area contributed by atoms with E-state index in [2.05, 4.69) is 36.2 Å². The standard InChI is InChI=1S/C21H25N3O3/c1-22(14-17-7-8-19-20(13-17)27-16-26-19)15-21(25)24-11-9-23(10-12-24)18-5-3-2-4-6-18/h2-8,13H,9-12,14-16H2,1H3/p+1. The number of quaternary nitrogens is 1. The molecule has 0 saturated carbocycles. The number of nitrogens with one attached hydrogen (secondary N) is 1. The first-order valence-corrected chi connectivity index (χ1v) is 9.46. The normalized spacial score (nSPS) is 17.1. The van der Waals surface area contributed by atoms with Crippen molar-refractivity contribution in [1.29, 1.82) is 0 Å². The minimum atomic E-state index is 0.223. The number of nitrogens with zero attached hydrogens (tertiary/aromatic N) is 2. The quantitative estimate of drug-likeness (QED) is 0.847. The van der Waals surface area contributed by atoms with E-state index in [1.54, 1.807) is 0 Å². The van der Waals surface area contributed by atoms with Gasteiger partial charge < -0.3 is 24.2 Å². The van der Waals surface area contributed by atoms with Gasteiger partial charge in [0.1, 0.15) is 6.54 Å². The summed E-state index contributed by atoms with van der Waals surface area (Å²) in [5.41, 5.74) is 2.38. The molecule has 0 aromatic heterocycles. The summed E-state index contributed by atoms with van der Waals surface area (Å²) in [5, 5.41) is 0. The zero-order valence-corrected chi connectivity index (χ0v) is 15.7. The lowest BCUT2D eigenvalue weighted by Crippen LogP contribution is -3.09. The summed E-state index contributed by atoms with van der Waals surface area (Å²) in [6, 6.07) is 16.4. The van der Waals surface area contributed by atoms with Crippen LogP contribution in [0.25, 0.3) is 0 Å². The molecule has 1 unspecified atom stereocenters. The number of carbonyl (C=O) groups excluding carboxylic acids is 1. The number of hydrogen-bond donors (Lipinski definition) is 1. The van der Waals surface area contributed by atoms with Crippen LogP contribution >= 0.6 is 0 Å². The SMILES string of the molecule is C[NH+](CC(=O)N1CCN(c2ccccc2)CC1)Cc1ccc2c(c1)OCO2. The Labute approximate surface area is 159 Å². The van der Waals surface area contributed by atoms with Crippen LogP contribution in [0.4, 0.5) is 5.69 Å². The van der Waals surface area contributed by atoms with Crippen molar-refractivity contribution in [3.63, 3.8) is 0 Å². The van der Waals surface area contributed by atoms with Crippen molar-refractivity contribution < 1.29 is 19.2 Å². The molecule has 142 valence electrons. The van der Waals surface area contributed by atoms with Crippen LogP contribution < -0.4 is 19.3 Å². The van der Waals surface area contributed by atoms with Crippen molar-refractivity contribution in [2.24, 2.45) is 0 Å². The molecule has 0 spiro atoms. The Morgan fingerprint density at radius 3 is 2.52 bits per heavy atom. The van der Waals surface area contributed by atoms with E-state index < -0.39 is 0 Å². The highest BCUT2D eigenvalue weighted by Crippen LogP contribution is 2.32. The molecule has 27 heavy (non-hydrogen) atoms. The molecule has 0 aliphatic carbocycles. The lowest BCUT2D eigenvalue weighted by Gasteiger charge is -2.36. The van der Waals surface area contributed by atoms with Crippen LogP contribution in [-0.2, 0) is 11.3 Å². The maximum absolute atomic E-state index is 12.7. The summed E-state index contributed by atoms with van der Waals surface area (Å²) in [5.74, 6) is 1.81. The van der Waals surface area contributed by atoms with E-state index in [1.165, 1.54) is 10.6 Å². The number of piperazine rings is 1. The zero-order chi connectivity index (χ0) is 18.6. The van der Waals surface area contributed by atoms with Crippen molar-refractivity contribution >= 4 is 11.6 Å². The van der Waals surface area contributed by atoms with Gasteiger partial charge in [-0.3, -0.25) is 4.79 Å². The minimum absolute atomic E-state index is 0.223. The fourth-order valence-electron chi connectivity index (χ4n) is 3.68. The molecule has 0 bridgehead atoms. The van der Waals surface area contributed by atoms with Gasteiger partial charge in [0.25, 0.3) is 5.91 Å². The molecule has 0 radical (unpaired) electrons. The van der Waals surface area contributed by atoms with E-state index in [0.29, 0.717) is 6.54 Å². The highest BCUT2D eigenvalue weighted by atomic mass is 16.7. The molecule has 1 saturated heterocycles. The Morgan fingerprint density at radius 1 is 1.00 bits per heavy atom. The number of fused-ring (bicyclic) bond motifs is 1. The first kappa shape index (κ1) is 17.7. The van der Waals surface area contributed by atoms with Crippen LogP contribution in [0, 0.1) is 0 Å². The molecular formula is C21H26N3O3+. The van der Waals surface area contributed by atoms with E-state index in [9.17, 15) is 4.79 Å². The highest BCUT2D eigenvalue weighted by Gasteiger charge is 2.24. The predicted octanol–water partition coefficient (Wildman–Crippen LogP) is 0.779. The molecule has 2 aromatic carbocycles. The summed E-state index contributed by atoms with van der Waals surface area (Å²) in [6.07, 6.45) is 0. The maximum Gasteiger partial charge on any atom is 0.277 e. The third-order valence-corrected chi connectivity index (χ3v) is 5.15. The number of anilines is 1. The first-order chi connectivity index (χ1) is 13.2. The Kier molecular flexibility index (Phi) is 5.16. The van der Waals surface area contributed by atoms with Crippen molar-refractivity contribution in [2.75, 3.05) is 51.5 Å². The molecule has 6 heteroatoms. The third kappa shape index (κ3) is 4.17. The van der Waals surface area contributed by atoms with Gasteiger partial charge in [-0.25, -0.2) is 0 Å². The van der Waals surface area contributed by atoms with Crippen molar-refractivity contribution in [3.8, 4) is 11.5 Å². The predicted molar refractivity (Wildman–Crippen MR) is 103 cm³/mol. The molecule has 1 N–H and O–H groups in total. The second-order valence-electron chi connectivity index (χ2n) is 7.20. The van der Waals surface area contributed by atoms with Crippen LogP contribution in [-0.4, -0.2) is 57.4 Å². The maximum atomic E-state index is 12.7. The smallest absolute Gasteiger partial charge is 0.277 e. The summed E-state index contributed by atoms with van der Waals surface area (Å²) >= 11 is 0. The summed E-state index contributed by atoms with van der Waals surface area (Å²) in [6.45, 7) is 4.91. The number of amides is 1. The third-order valence-electron chi connectivity index (χ3n) is 5.15. The Morgan fingerprint density at radius 2 is 1.74 bits per heavy atom. The molecule has 1 amide bonds. The number of hydrogen-bond acceptors (Lipinski definition) is 4. The molecule has 1 fully saturated rings. The molecule has 1 atom stereocenters. The van der Waals surface area contributed by atoms with E-state index >= 15 is 0 Å². The van der Waals surface area contributed by atoms with Gasteiger partial charge in [0.05, 0.1) is 7.05 Å². The van der Waals surface area contributed by atoms with E-state index in [1.807, 2.05) is 29.2 Å². The molecule has 2 aliphatic rings. The minimum Gasteiger partial charge on any atom is -0.454 e. The van der Waals surface area contributed by atoms with E-state index in [4.69, 9.17) is 9.47 Å². The molecule has 6 nitrogen and oxygen atoms in total. The molecular weight excluding hydrogens is 342 g/mol. The molecule has 2 heterocycles. The number of carbonyl (C=O) groups is 1. The average molecular weight is 368 g/mol. The number of ether oxygens (including phenoxy) is 2. The monoisotopic (exact) mass is 368 g/mol. The number of benzene rings is 2. The molecule has 2 aromatic rings. The van der Waals surface area contributed by atoms with Crippen LogP contribution in [0.5, 0.6) is 11.5 Å². The first-order valence-electron chi connectivity index (χ1n) is 9.46. The van der Waals surface area contributed by atoms with Crippen LogP contribution in [0.2, 0.25) is 0 Å². The van der Waals surface area contributed by atoms with Gasteiger partial charge in [0, 0.05) is 37.4 Å². The fourth-order valence-corrected chi connectivity index (χ4v) is 3.68. The second-order valence-corrected chi connectivity index (χ2v) is 7.20. The zero-order valence-electron chi connectivity index (χ0n) is 15.7. The van der Waals surface area contributed by atoms with Crippen molar-refractivity contribution in [1.82, 2.24) is 4.90 Å². The van der Waals surface area contributed by atoms with Crippen molar-refractivity contribution in [3.05, 3.63) is 54.1 Å². The summed E-state index contributed by atoms with van der Waals surface area (Å²) in [4.78, 5) is 18.2. The van der Waals surface area contributed by atoms with Gasteiger partial charge in [-0.05, 0) is 30.3 Å².